The van der Waals surface area contributed by atoms with Gasteiger partial charge in [0.2, 0.25) is 0 Å². The van der Waals surface area contributed by atoms with Crippen molar-refractivity contribution in [2.24, 2.45) is 5.10 Å². The van der Waals surface area contributed by atoms with E-state index in [-0.39, 0.29) is 11.7 Å². The van der Waals surface area contributed by atoms with Crippen molar-refractivity contribution >= 4 is 12.2 Å². The highest BCUT2D eigenvalue weighted by Crippen LogP contribution is 2.27. The summed E-state index contributed by atoms with van der Waals surface area (Å²) in [5, 5.41) is 11.1. The van der Waals surface area contributed by atoms with Gasteiger partial charge in [0.25, 0.3) is 5.95 Å². The molecule has 130 valence electrons. The number of aromatic nitrogens is 3. The molecule has 0 bridgehead atoms. The Morgan fingerprint density at radius 1 is 1.20 bits per heavy atom. The molecular formula is C14H11F3N6O2. The minimum absolute atomic E-state index is 0.239. The van der Waals surface area contributed by atoms with Crippen LogP contribution in [-0.4, -0.2) is 27.5 Å². The van der Waals surface area contributed by atoms with Crippen molar-refractivity contribution in [1.82, 2.24) is 14.9 Å². The molecule has 0 amide bonds. The molecular weight excluding hydrogens is 341 g/mol. The highest BCUT2D eigenvalue weighted by atomic mass is 19.4. The summed E-state index contributed by atoms with van der Waals surface area (Å²) in [5.41, 5.74) is 3.16. The van der Waals surface area contributed by atoms with E-state index < -0.39 is 6.36 Å². The van der Waals surface area contributed by atoms with E-state index in [9.17, 15) is 13.2 Å². The maximum Gasteiger partial charge on any atom is 0.573 e. The van der Waals surface area contributed by atoms with Gasteiger partial charge >= 0.3 is 6.36 Å². The van der Waals surface area contributed by atoms with Crippen LogP contribution in [0.4, 0.5) is 19.1 Å². The van der Waals surface area contributed by atoms with Crippen LogP contribution in [0.5, 0.6) is 5.75 Å². The second-order valence-electron chi connectivity index (χ2n) is 4.71. The van der Waals surface area contributed by atoms with Gasteiger partial charge in [-0.15, -0.1) is 23.4 Å². The van der Waals surface area contributed by atoms with Gasteiger partial charge in [-0.3, -0.25) is 0 Å². The minimum atomic E-state index is -4.73. The Morgan fingerprint density at radius 3 is 2.60 bits per heavy atom. The highest BCUT2D eigenvalue weighted by molar-refractivity contribution is 5.78. The topological polar surface area (TPSA) is 103 Å². The molecule has 0 spiro atoms. The molecule has 0 unspecified atom stereocenters. The fourth-order valence-electron chi connectivity index (χ4n) is 1.87. The van der Waals surface area contributed by atoms with Crippen molar-refractivity contribution in [2.75, 3.05) is 11.3 Å². The number of nitrogens with zero attached hydrogens (tertiary/aromatic N) is 4. The van der Waals surface area contributed by atoms with Crippen molar-refractivity contribution in [2.45, 2.75) is 6.36 Å². The smallest absolute Gasteiger partial charge is 0.455 e. The quantitative estimate of drug-likeness (QED) is 0.416. The molecule has 0 atom stereocenters. The number of halogens is 3. The van der Waals surface area contributed by atoms with Gasteiger partial charge in [0.1, 0.15) is 23.6 Å². The average Bonchev–Trinajstić information content (AvgIpc) is 3.16. The average molecular weight is 352 g/mol. The number of nitrogen functional groups attached to an aromatic ring is 1. The number of nitrogens with one attached hydrogen (secondary N) is 1. The molecule has 0 fully saturated rings. The van der Waals surface area contributed by atoms with Gasteiger partial charge in [-0.2, -0.15) is 5.10 Å². The van der Waals surface area contributed by atoms with Crippen molar-refractivity contribution in [3.8, 4) is 17.1 Å². The van der Waals surface area contributed by atoms with Crippen LogP contribution in [0.25, 0.3) is 11.3 Å². The molecule has 0 aliphatic heterocycles. The number of rotatable bonds is 5. The fourth-order valence-corrected chi connectivity index (χ4v) is 1.87. The first kappa shape index (κ1) is 16.4. The predicted molar refractivity (Wildman–Crippen MR) is 82.2 cm³/mol. The van der Waals surface area contributed by atoms with Gasteiger partial charge in [0, 0.05) is 5.56 Å². The zero-order valence-corrected chi connectivity index (χ0v) is 12.4. The van der Waals surface area contributed by atoms with E-state index in [1.807, 2.05) is 0 Å². The van der Waals surface area contributed by atoms with Gasteiger partial charge in [-0.05, 0) is 36.4 Å². The Balaban J connectivity index is 1.65. The third-order valence-electron chi connectivity index (χ3n) is 2.93. The molecule has 0 aliphatic rings. The van der Waals surface area contributed by atoms with E-state index in [0.29, 0.717) is 17.1 Å². The number of hydrogen-bond acceptors (Lipinski definition) is 7. The minimum Gasteiger partial charge on any atom is -0.455 e. The van der Waals surface area contributed by atoms with Gasteiger partial charge in [0.05, 0.1) is 6.21 Å². The Bertz CT molecular complexity index is 869. The Morgan fingerprint density at radius 2 is 1.96 bits per heavy atom. The summed E-state index contributed by atoms with van der Waals surface area (Å²) in [6, 6.07) is 8.62. The van der Waals surface area contributed by atoms with E-state index in [1.54, 1.807) is 12.1 Å². The van der Waals surface area contributed by atoms with Crippen LogP contribution in [0.1, 0.15) is 5.76 Å². The van der Waals surface area contributed by atoms with E-state index in [0.717, 1.165) is 4.68 Å². The fraction of sp³-hybridized carbons (Fsp3) is 0.0714. The summed E-state index contributed by atoms with van der Waals surface area (Å²) in [5.74, 6) is 6.31. The lowest BCUT2D eigenvalue weighted by Gasteiger charge is -2.08. The predicted octanol–water partition coefficient (Wildman–Crippen LogP) is 2.60. The highest BCUT2D eigenvalue weighted by Gasteiger charge is 2.30. The molecule has 11 heteroatoms. The van der Waals surface area contributed by atoms with Crippen molar-refractivity contribution < 1.29 is 22.3 Å². The second kappa shape index (κ2) is 6.55. The standard InChI is InChI=1S/C14H11F3N6O2/c15-14(16,17)25-10-3-1-9(2-4-10)12-6-5-11(24-12)7-19-21-13-22-20-8-23(13)18/h1-8H,18H2,(H,21,22)/b19-7-. The van der Waals surface area contributed by atoms with E-state index >= 15 is 0 Å². The number of furan rings is 1. The van der Waals surface area contributed by atoms with Gasteiger partial charge in [-0.25, -0.2) is 10.1 Å². The molecule has 3 N–H and O–H groups in total. The van der Waals surface area contributed by atoms with Crippen molar-refractivity contribution in [3.05, 3.63) is 48.5 Å². The molecule has 2 aromatic heterocycles. The summed E-state index contributed by atoms with van der Waals surface area (Å²) in [4.78, 5) is 0. The largest absolute Gasteiger partial charge is 0.573 e. The lowest BCUT2D eigenvalue weighted by molar-refractivity contribution is -0.274. The maximum absolute atomic E-state index is 12.1. The molecule has 0 radical (unpaired) electrons. The summed E-state index contributed by atoms with van der Waals surface area (Å²) < 4.78 is 46.9. The van der Waals surface area contributed by atoms with E-state index in [4.69, 9.17) is 10.3 Å². The molecule has 0 aliphatic carbocycles. The molecule has 8 nitrogen and oxygen atoms in total. The summed E-state index contributed by atoms with van der Waals surface area (Å²) >= 11 is 0. The number of alkyl halides is 3. The number of benzene rings is 1. The van der Waals surface area contributed by atoms with Crippen LogP contribution in [0.2, 0.25) is 0 Å². The third kappa shape index (κ3) is 4.28. The number of anilines is 1. The van der Waals surface area contributed by atoms with E-state index in [2.05, 4.69) is 25.5 Å². The molecule has 1 aromatic carbocycles. The number of hydrogen-bond donors (Lipinski definition) is 2. The lowest BCUT2D eigenvalue weighted by atomic mass is 10.2. The van der Waals surface area contributed by atoms with Gasteiger partial charge in [-0.1, -0.05) is 0 Å². The van der Waals surface area contributed by atoms with Crippen LogP contribution in [-0.2, 0) is 0 Å². The number of hydrazone groups is 1. The first-order valence-corrected chi connectivity index (χ1v) is 6.81. The van der Waals surface area contributed by atoms with Gasteiger partial charge < -0.3 is 15.0 Å². The lowest BCUT2D eigenvalue weighted by Crippen LogP contribution is -2.16. The van der Waals surface area contributed by atoms with Crippen LogP contribution >= 0.6 is 0 Å². The van der Waals surface area contributed by atoms with E-state index in [1.165, 1.54) is 36.8 Å². The van der Waals surface area contributed by atoms with Crippen LogP contribution in [0, 0.1) is 0 Å². The number of ether oxygens (including phenoxy) is 1. The van der Waals surface area contributed by atoms with Crippen LogP contribution in [0.15, 0.2) is 52.2 Å². The third-order valence-corrected chi connectivity index (χ3v) is 2.93. The molecule has 0 saturated heterocycles. The molecule has 2 heterocycles. The zero-order valence-electron chi connectivity index (χ0n) is 12.4. The van der Waals surface area contributed by atoms with Crippen molar-refractivity contribution in [1.29, 1.82) is 0 Å². The molecule has 0 saturated carbocycles. The Labute approximate surface area is 138 Å². The Hall–Kier alpha value is -3.50. The van der Waals surface area contributed by atoms with Crippen LogP contribution in [0.3, 0.4) is 0 Å². The monoisotopic (exact) mass is 352 g/mol. The first-order valence-electron chi connectivity index (χ1n) is 6.81. The molecule has 3 rings (SSSR count). The summed E-state index contributed by atoms with van der Waals surface area (Å²) in [7, 11) is 0. The zero-order chi connectivity index (χ0) is 17.9. The molecule has 25 heavy (non-hydrogen) atoms. The van der Waals surface area contributed by atoms with Crippen LogP contribution < -0.4 is 16.0 Å². The second-order valence-corrected chi connectivity index (χ2v) is 4.71. The number of nitrogens with two attached hydrogens (primary N) is 1. The molecule has 3 aromatic rings. The first-order chi connectivity index (χ1) is 11.9. The van der Waals surface area contributed by atoms with Crippen molar-refractivity contribution in [3.63, 3.8) is 0 Å². The maximum atomic E-state index is 12.1. The SMILES string of the molecule is Nn1cnnc1N/N=C\c1ccc(-c2ccc(OC(F)(F)F)cc2)o1. The van der Waals surface area contributed by atoms with Gasteiger partial charge in [0.15, 0.2) is 0 Å². The summed E-state index contributed by atoms with van der Waals surface area (Å²) in [6.45, 7) is 0. The normalized spacial score (nSPS) is 11.8. The Kier molecular flexibility index (Phi) is 4.29. The summed E-state index contributed by atoms with van der Waals surface area (Å²) in [6.07, 6.45) is -2.04.